The van der Waals surface area contributed by atoms with Crippen LogP contribution in [0.25, 0.3) is 0 Å². The molecule has 5 heteroatoms. The van der Waals surface area contributed by atoms with Gasteiger partial charge in [-0.2, -0.15) is 0 Å². The molecule has 0 aromatic heterocycles. The maximum absolute atomic E-state index is 12.6. The molecule has 4 rings (SSSR count). The van der Waals surface area contributed by atoms with Crippen LogP contribution in [-0.4, -0.2) is 24.4 Å². The molecule has 196 valence electrons. The normalized spacial score (nSPS) is 31.8. The Morgan fingerprint density at radius 1 is 0.853 bits per heavy atom. The number of amides is 1. The van der Waals surface area contributed by atoms with E-state index < -0.39 is 6.09 Å². The molecular weight excluding hydrogens is 426 g/mol. The maximum atomic E-state index is 12.6. The smallest absolute Gasteiger partial charge is 0.410 e. The SMILES string of the molecule is CCCCCCCCCCCCCC(=O)OCOC(=O)NC12CC3CC(CC(C)(C3)C1)C(C)C2. The molecule has 5 nitrogen and oxygen atoms in total. The molecule has 4 aliphatic rings. The van der Waals surface area contributed by atoms with Crippen molar-refractivity contribution in [3.05, 3.63) is 0 Å². The van der Waals surface area contributed by atoms with Gasteiger partial charge in [0.2, 0.25) is 6.79 Å². The van der Waals surface area contributed by atoms with Crippen molar-refractivity contribution in [2.75, 3.05) is 6.79 Å². The van der Waals surface area contributed by atoms with E-state index in [9.17, 15) is 9.59 Å². The highest BCUT2D eigenvalue weighted by Crippen LogP contribution is 2.60. The fourth-order valence-corrected chi connectivity index (χ4v) is 7.67. The number of ether oxygens (including phenoxy) is 2. The summed E-state index contributed by atoms with van der Waals surface area (Å²) in [5.74, 6) is 1.88. The molecule has 0 spiro atoms. The van der Waals surface area contributed by atoms with Crippen molar-refractivity contribution in [1.29, 1.82) is 0 Å². The predicted molar refractivity (Wildman–Crippen MR) is 136 cm³/mol. The van der Waals surface area contributed by atoms with Crippen molar-refractivity contribution in [3.8, 4) is 0 Å². The van der Waals surface area contributed by atoms with Crippen molar-refractivity contribution in [3.63, 3.8) is 0 Å². The van der Waals surface area contributed by atoms with Crippen LogP contribution in [0.4, 0.5) is 4.79 Å². The number of alkyl carbamates (subject to hydrolysis) is 1. The van der Waals surface area contributed by atoms with Crippen molar-refractivity contribution in [1.82, 2.24) is 5.32 Å². The van der Waals surface area contributed by atoms with Gasteiger partial charge in [-0.05, 0) is 68.1 Å². The number of rotatable bonds is 15. The number of carbonyl (C=O) groups is 2. The molecule has 0 aromatic carbocycles. The van der Waals surface area contributed by atoms with E-state index in [-0.39, 0.29) is 18.3 Å². The topological polar surface area (TPSA) is 64.6 Å². The molecule has 0 radical (unpaired) electrons. The first-order chi connectivity index (χ1) is 16.3. The van der Waals surface area contributed by atoms with Crippen molar-refractivity contribution in [2.24, 2.45) is 23.2 Å². The lowest BCUT2D eigenvalue weighted by atomic mass is 9.57. The number of fused-ring (bicyclic) bond motifs is 1. The first-order valence-corrected chi connectivity index (χ1v) is 14.4. The fraction of sp³-hybridized carbons (Fsp3) is 0.931. The zero-order valence-corrected chi connectivity index (χ0v) is 22.3. The van der Waals surface area contributed by atoms with E-state index >= 15 is 0 Å². The van der Waals surface area contributed by atoms with Gasteiger partial charge < -0.3 is 14.8 Å². The highest BCUT2D eigenvalue weighted by Gasteiger charge is 2.55. The number of nitrogens with one attached hydrogen (secondary N) is 1. The Hall–Kier alpha value is -1.26. The maximum Gasteiger partial charge on any atom is 0.410 e. The Morgan fingerprint density at radius 2 is 1.50 bits per heavy atom. The van der Waals surface area contributed by atoms with Gasteiger partial charge in [0.1, 0.15) is 0 Å². The zero-order chi connectivity index (χ0) is 24.4. The first kappa shape index (κ1) is 27.3. The molecule has 4 aliphatic carbocycles. The van der Waals surface area contributed by atoms with Gasteiger partial charge >= 0.3 is 12.1 Å². The first-order valence-electron chi connectivity index (χ1n) is 14.4. The standard InChI is InChI=1S/C29H51NO4/c1-4-5-6-7-8-9-10-11-12-13-14-15-26(31)33-22-34-27(32)30-29-17-23(2)25-16-24(19-29)18-28(3,20-25)21-29/h23-25H,4-22H2,1-3H3,(H,30,32). The molecular formula is C29H51NO4. The van der Waals surface area contributed by atoms with E-state index in [1.165, 1.54) is 77.0 Å². The molecule has 34 heavy (non-hydrogen) atoms. The summed E-state index contributed by atoms with van der Waals surface area (Å²) < 4.78 is 10.4. The summed E-state index contributed by atoms with van der Waals surface area (Å²) in [7, 11) is 0. The zero-order valence-electron chi connectivity index (χ0n) is 22.3. The van der Waals surface area contributed by atoms with Gasteiger partial charge in [-0.3, -0.25) is 4.79 Å². The average molecular weight is 478 g/mol. The van der Waals surface area contributed by atoms with E-state index in [2.05, 4.69) is 26.1 Å². The van der Waals surface area contributed by atoms with Gasteiger partial charge in [-0.25, -0.2) is 4.79 Å². The minimum atomic E-state index is -0.432. The van der Waals surface area contributed by atoms with E-state index in [0.29, 0.717) is 23.7 Å². The highest BCUT2D eigenvalue weighted by atomic mass is 16.7. The molecule has 4 bridgehead atoms. The van der Waals surface area contributed by atoms with Crippen LogP contribution in [-0.2, 0) is 14.3 Å². The Bertz CT molecular complexity index is 652. The number of esters is 1. The number of unbranched alkanes of at least 4 members (excludes halogenated alkanes) is 10. The van der Waals surface area contributed by atoms with E-state index in [1.54, 1.807) is 0 Å². The molecule has 0 heterocycles. The third-order valence-electron chi connectivity index (χ3n) is 8.90. The Balaban J connectivity index is 1.23. The molecule has 1 amide bonds. The van der Waals surface area contributed by atoms with E-state index in [0.717, 1.165) is 38.0 Å². The summed E-state index contributed by atoms with van der Waals surface area (Å²) in [5, 5.41) is 3.23. The Morgan fingerprint density at radius 3 is 2.15 bits per heavy atom. The lowest BCUT2D eigenvalue weighted by Gasteiger charge is -2.51. The van der Waals surface area contributed by atoms with Crippen LogP contribution in [0.1, 0.15) is 136 Å². The van der Waals surface area contributed by atoms with Gasteiger partial charge in [0, 0.05) is 12.0 Å². The molecule has 0 saturated heterocycles. The molecule has 0 aliphatic heterocycles. The van der Waals surface area contributed by atoms with Crippen LogP contribution in [0.5, 0.6) is 0 Å². The predicted octanol–water partition coefficient (Wildman–Crippen LogP) is 7.91. The van der Waals surface area contributed by atoms with Crippen molar-refractivity contribution >= 4 is 12.1 Å². The van der Waals surface area contributed by atoms with Crippen LogP contribution >= 0.6 is 0 Å². The third-order valence-corrected chi connectivity index (χ3v) is 8.90. The molecule has 5 unspecified atom stereocenters. The lowest BCUT2D eigenvalue weighted by molar-refractivity contribution is -0.152. The second-order valence-electron chi connectivity index (χ2n) is 12.4. The van der Waals surface area contributed by atoms with Gasteiger partial charge in [0.25, 0.3) is 0 Å². The van der Waals surface area contributed by atoms with Crippen LogP contribution in [0, 0.1) is 23.2 Å². The molecule has 0 aromatic rings. The third kappa shape index (κ3) is 8.45. The van der Waals surface area contributed by atoms with Gasteiger partial charge in [-0.1, -0.05) is 85.0 Å². The lowest BCUT2D eigenvalue weighted by Crippen LogP contribution is -2.55. The summed E-state index contributed by atoms with van der Waals surface area (Å²) in [5.41, 5.74) is 0.184. The van der Waals surface area contributed by atoms with Gasteiger partial charge in [0.05, 0.1) is 0 Å². The second-order valence-corrected chi connectivity index (χ2v) is 12.4. The molecule has 4 fully saturated rings. The van der Waals surface area contributed by atoms with E-state index in [4.69, 9.17) is 9.47 Å². The fourth-order valence-electron chi connectivity index (χ4n) is 7.67. The van der Waals surface area contributed by atoms with Crippen LogP contribution in [0.15, 0.2) is 0 Å². The van der Waals surface area contributed by atoms with Gasteiger partial charge in [0.15, 0.2) is 0 Å². The molecule has 5 atom stereocenters. The molecule has 1 N–H and O–H groups in total. The average Bonchev–Trinajstić information content (AvgIpc) is 2.89. The van der Waals surface area contributed by atoms with Crippen LogP contribution < -0.4 is 5.32 Å². The summed E-state index contributed by atoms with van der Waals surface area (Å²) in [6.45, 7) is 6.73. The molecule has 4 saturated carbocycles. The second kappa shape index (κ2) is 13.2. The summed E-state index contributed by atoms with van der Waals surface area (Å²) in [6.07, 6.45) is 20.8. The Kier molecular flexibility index (Phi) is 10.6. The number of hydrogen-bond acceptors (Lipinski definition) is 4. The van der Waals surface area contributed by atoms with Crippen LogP contribution in [0.2, 0.25) is 0 Å². The summed E-state index contributed by atoms with van der Waals surface area (Å²) in [4.78, 5) is 24.6. The Labute approximate surface area is 208 Å². The monoisotopic (exact) mass is 477 g/mol. The largest absolute Gasteiger partial charge is 0.428 e. The summed E-state index contributed by atoms with van der Waals surface area (Å²) >= 11 is 0. The highest BCUT2D eigenvalue weighted by molar-refractivity contribution is 5.70. The minimum absolute atomic E-state index is 0.154. The van der Waals surface area contributed by atoms with Crippen molar-refractivity contribution in [2.45, 2.75) is 142 Å². The number of carbonyl (C=O) groups excluding carboxylic acids is 2. The van der Waals surface area contributed by atoms with E-state index in [1.807, 2.05) is 0 Å². The number of hydrogen-bond donors (Lipinski definition) is 1. The minimum Gasteiger partial charge on any atom is -0.428 e. The van der Waals surface area contributed by atoms with Crippen LogP contribution in [0.3, 0.4) is 0 Å². The van der Waals surface area contributed by atoms with Crippen molar-refractivity contribution < 1.29 is 19.1 Å². The summed E-state index contributed by atoms with van der Waals surface area (Å²) in [6, 6.07) is 0. The van der Waals surface area contributed by atoms with Gasteiger partial charge in [-0.15, -0.1) is 0 Å². The quantitative estimate of drug-likeness (QED) is 0.148.